The normalized spacial score (nSPS) is 10.4. The molecule has 2 aromatic rings. The summed E-state index contributed by atoms with van der Waals surface area (Å²) < 4.78 is 10.2. The van der Waals surface area contributed by atoms with Crippen LogP contribution in [0.5, 0.6) is 5.75 Å². The van der Waals surface area contributed by atoms with Crippen LogP contribution in [-0.4, -0.2) is 31.0 Å². The highest BCUT2D eigenvalue weighted by Gasteiger charge is 2.06. The van der Waals surface area contributed by atoms with Crippen LogP contribution in [0.1, 0.15) is 22.8 Å². The van der Waals surface area contributed by atoms with E-state index in [4.69, 9.17) is 15.2 Å². The highest BCUT2D eigenvalue weighted by Crippen LogP contribution is 2.13. The molecule has 0 heterocycles. The first-order valence-corrected chi connectivity index (χ1v) is 8.25. The van der Waals surface area contributed by atoms with Crippen molar-refractivity contribution in [3.63, 3.8) is 0 Å². The molecule has 7 nitrogen and oxygen atoms in total. The number of nitrogens with one attached hydrogen (secondary N) is 1. The Morgan fingerprint density at radius 1 is 1.04 bits per heavy atom. The molecule has 0 fully saturated rings. The van der Waals surface area contributed by atoms with E-state index in [0.717, 1.165) is 11.3 Å². The Kier molecular flexibility index (Phi) is 7.13. The van der Waals surface area contributed by atoms with Crippen LogP contribution in [0.25, 0.3) is 6.08 Å². The smallest absolute Gasteiger partial charge is 0.331 e. The van der Waals surface area contributed by atoms with Gasteiger partial charge in [-0.25, -0.2) is 4.79 Å². The number of nitrogens with two attached hydrogens (primary N) is 1. The molecule has 0 aliphatic rings. The zero-order valence-corrected chi connectivity index (χ0v) is 14.8. The number of benzene rings is 2. The summed E-state index contributed by atoms with van der Waals surface area (Å²) in [5, 5.41) is 2.55. The highest BCUT2D eigenvalue weighted by molar-refractivity contribution is 5.96. The summed E-state index contributed by atoms with van der Waals surface area (Å²) in [6.45, 7) is 2.05. The van der Waals surface area contributed by atoms with Crippen molar-refractivity contribution in [3.8, 4) is 5.75 Å². The minimum Gasteiger partial charge on any atom is -0.494 e. The monoisotopic (exact) mass is 368 g/mol. The number of primary amides is 1. The van der Waals surface area contributed by atoms with Gasteiger partial charge in [-0.2, -0.15) is 0 Å². The van der Waals surface area contributed by atoms with Gasteiger partial charge in [0.1, 0.15) is 5.75 Å². The number of hydrogen-bond acceptors (Lipinski definition) is 5. The van der Waals surface area contributed by atoms with Crippen molar-refractivity contribution in [2.75, 3.05) is 18.5 Å². The molecule has 0 saturated heterocycles. The number of carbonyl (C=O) groups excluding carboxylic acids is 3. The van der Waals surface area contributed by atoms with E-state index in [-0.39, 0.29) is 0 Å². The number of hydrogen-bond donors (Lipinski definition) is 2. The van der Waals surface area contributed by atoms with Gasteiger partial charge in [0.15, 0.2) is 6.61 Å². The van der Waals surface area contributed by atoms with Crippen molar-refractivity contribution >= 4 is 29.5 Å². The molecule has 0 saturated carbocycles. The maximum Gasteiger partial charge on any atom is 0.331 e. The van der Waals surface area contributed by atoms with Crippen LogP contribution in [-0.2, 0) is 14.3 Å². The topological polar surface area (TPSA) is 108 Å². The summed E-state index contributed by atoms with van der Waals surface area (Å²) in [4.78, 5) is 34.5. The molecule has 0 unspecified atom stereocenters. The van der Waals surface area contributed by atoms with E-state index in [1.807, 2.05) is 6.92 Å². The second-order valence-corrected chi connectivity index (χ2v) is 5.43. The molecular formula is C20H20N2O5. The van der Waals surface area contributed by atoms with Gasteiger partial charge in [0.2, 0.25) is 5.91 Å². The fraction of sp³-hybridized carbons (Fsp3) is 0.150. The SMILES string of the molecule is CCOc1ccc(C=CC(=O)OCC(=O)Nc2ccc(C(N)=O)cc2)cc1. The van der Waals surface area contributed by atoms with Crippen molar-refractivity contribution in [1.82, 2.24) is 0 Å². The first-order valence-electron chi connectivity index (χ1n) is 8.25. The van der Waals surface area contributed by atoms with Gasteiger partial charge in [0, 0.05) is 17.3 Å². The Balaban J connectivity index is 1.78. The van der Waals surface area contributed by atoms with Gasteiger partial charge in [-0.1, -0.05) is 12.1 Å². The van der Waals surface area contributed by atoms with Crippen LogP contribution in [0.15, 0.2) is 54.6 Å². The minimum absolute atomic E-state index is 0.332. The number of ether oxygens (including phenoxy) is 2. The molecule has 2 aromatic carbocycles. The lowest BCUT2D eigenvalue weighted by molar-refractivity contribution is -0.142. The molecular weight excluding hydrogens is 348 g/mol. The van der Waals surface area contributed by atoms with Crippen molar-refractivity contribution in [2.24, 2.45) is 5.73 Å². The molecule has 0 bridgehead atoms. The molecule has 140 valence electrons. The average molecular weight is 368 g/mol. The number of rotatable bonds is 8. The van der Waals surface area contributed by atoms with Gasteiger partial charge in [0.25, 0.3) is 5.91 Å². The average Bonchev–Trinajstić information content (AvgIpc) is 2.66. The zero-order chi connectivity index (χ0) is 19.6. The molecule has 27 heavy (non-hydrogen) atoms. The van der Waals surface area contributed by atoms with E-state index >= 15 is 0 Å². The van der Waals surface area contributed by atoms with E-state index in [0.29, 0.717) is 17.9 Å². The predicted molar refractivity (Wildman–Crippen MR) is 101 cm³/mol. The molecule has 0 aromatic heterocycles. The zero-order valence-electron chi connectivity index (χ0n) is 14.8. The second kappa shape index (κ2) is 9.76. The van der Waals surface area contributed by atoms with Gasteiger partial charge in [-0.3, -0.25) is 9.59 Å². The van der Waals surface area contributed by atoms with Crippen molar-refractivity contribution in [3.05, 3.63) is 65.7 Å². The lowest BCUT2D eigenvalue weighted by Crippen LogP contribution is -2.20. The van der Waals surface area contributed by atoms with E-state index in [1.165, 1.54) is 30.3 Å². The summed E-state index contributed by atoms with van der Waals surface area (Å²) in [5.74, 6) is -0.938. The van der Waals surface area contributed by atoms with E-state index in [1.54, 1.807) is 30.3 Å². The molecule has 0 radical (unpaired) electrons. The molecule has 3 N–H and O–H groups in total. The third kappa shape index (κ3) is 6.66. The number of carbonyl (C=O) groups is 3. The summed E-state index contributed by atoms with van der Waals surface area (Å²) in [6, 6.07) is 13.2. The van der Waals surface area contributed by atoms with Crippen LogP contribution in [0.4, 0.5) is 5.69 Å². The third-order valence-corrected chi connectivity index (χ3v) is 3.40. The predicted octanol–water partition coefficient (Wildman–Crippen LogP) is 2.38. The molecule has 7 heteroatoms. The molecule has 0 aliphatic heterocycles. The van der Waals surface area contributed by atoms with Crippen LogP contribution in [0.2, 0.25) is 0 Å². The van der Waals surface area contributed by atoms with Gasteiger partial charge in [0.05, 0.1) is 6.61 Å². The number of amides is 2. The Hall–Kier alpha value is -3.61. The molecule has 0 spiro atoms. The molecule has 0 aliphatic carbocycles. The van der Waals surface area contributed by atoms with Crippen LogP contribution >= 0.6 is 0 Å². The third-order valence-electron chi connectivity index (χ3n) is 3.40. The summed E-state index contributed by atoms with van der Waals surface area (Å²) >= 11 is 0. The van der Waals surface area contributed by atoms with Gasteiger partial charge < -0.3 is 20.5 Å². The minimum atomic E-state index is -0.636. The van der Waals surface area contributed by atoms with Crippen LogP contribution < -0.4 is 15.8 Å². The lowest BCUT2D eigenvalue weighted by atomic mass is 10.2. The first-order chi connectivity index (χ1) is 13.0. The summed E-state index contributed by atoms with van der Waals surface area (Å²) in [6.07, 6.45) is 2.82. The Morgan fingerprint density at radius 2 is 1.70 bits per heavy atom. The Labute approximate surface area is 156 Å². The largest absolute Gasteiger partial charge is 0.494 e. The Morgan fingerprint density at radius 3 is 2.30 bits per heavy atom. The summed E-state index contributed by atoms with van der Waals surface area (Å²) in [7, 11) is 0. The van der Waals surface area contributed by atoms with Crippen LogP contribution in [0.3, 0.4) is 0 Å². The Bertz CT molecular complexity index is 826. The standard InChI is InChI=1S/C20H20N2O5/c1-2-26-17-10-3-14(4-11-17)5-12-19(24)27-13-18(23)22-16-8-6-15(7-9-16)20(21)25/h3-12H,2,13H2,1H3,(H2,21,25)(H,22,23). The molecule has 2 amide bonds. The summed E-state index contributed by atoms with van der Waals surface area (Å²) in [5.41, 5.74) is 6.74. The first kappa shape index (κ1) is 19.7. The molecule has 0 atom stereocenters. The van der Waals surface area contributed by atoms with E-state index in [2.05, 4.69) is 5.32 Å². The number of anilines is 1. The fourth-order valence-electron chi connectivity index (χ4n) is 2.11. The fourth-order valence-corrected chi connectivity index (χ4v) is 2.11. The van der Waals surface area contributed by atoms with Crippen molar-refractivity contribution in [1.29, 1.82) is 0 Å². The highest BCUT2D eigenvalue weighted by atomic mass is 16.5. The van der Waals surface area contributed by atoms with Crippen molar-refractivity contribution < 1.29 is 23.9 Å². The molecule has 2 rings (SSSR count). The van der Waals surface area contributed by atoms with Crippen molar-refractivity contribution in [2.45, 2.75) is 6.92 Å². The van der Waals surface area contributed by atoms with Gasteiger partial charge >= 0.3 is 5.97 Å². The maximum absolute atomic E-state index is 11.8. The lowest BCUT2D eigenvalue weighted by Gasteiger charge is -2.06. The van der Waals surface area contributed by atoms with Gasteiger partial charge in [-0.15, -0.1) is 0 Å². The maximum atomic E-state index is 11.8. The van der Waals surface area contributed by atoms with E-state index in [9.17, 15) is 14.4 Å². The van der Waals surface area contributed by atoms with Gasteiger partial charge in [-0.05, 0) is 55.0 Å². The van der Waals surface area contributed by atoms with E-state index < -0.39 is 24.4 Å². The van der Waals surface area contributed by atoms with Crippen LogP contribution in [0, 0.1) is 0 Å². The quantitative estimate of drug-likeness (QED) is 0.549. The number of esters is 1. The second-order valence-electron chi connectivity index (χ2n) is 5.43.